The van der Waals surface area contributed by atoms with E-state index >= 15 is 0 Å². The molecular weight excluding hydrogens is 523 g/mol. The molecule has 4 aromatic rings. The maximum absolute atomic E-state index is 13.4. The molecule has 208 valence electrons. The average molecular weight is 559 g/mol. The first kappa shape index (κ1) is 27.8. The summed E-state index contributed by atoms with van der Waals surface area (Å²) in [6.45, 7) is 5.13. The van der Waals surface area contributed by atoms with Crippen molar-refractivity contribution < 1.29 is 14.0 Å². The summed E-state index contributed by atoms with van der Waals surface area (Å²) in [5, 5.41) is 2.71. The Morgan fingerprint density at radius 1 is 1.02 bits per heavy atom. The van der Waals surface area contributed by atoms with Gasteiger partial charge in [-0.3, -0.25) is 9.59 Å². The first-order valence-corrected chi connectivity index (χ1v) is 14.8. The summed E-state index contributed by atoms with van der Waals surface area (Å²) in [5.74, 6) is 0.129. The molecule has 3 heterocycles. The zero-order valence-corrected chi connectivity index (χ0v) is 23.7. The Morgan fingerprint density at radius 3 is 2.50 bits per heavy atom. The minimum Gasteiger partial charge on any atom is -0.343 e. The highest BCUT2D eigenvalue weighted by Crippen LogP contribution is 2.24. The lowest BCUT2D eigenvalue weighted by molar-refractivity contribution is 0.0684. The molecule has 1 aliphatic heterocycles. The molecule has 5 rings (SSSR count). The molecule has 2 amide bonds. The van der Waals surface area contributed by atoms with Crippen molar-refractivity contribution in [3.05, 3.63) is 112 Å². The van der Waals surface area contributed by atoms with E-state index in [0.29, 0.717) is 36.8 Å². The van der Waals surface area contributed by atoms with Crippen LogP contribution in [0.3, 0.4) is 0 Å². The quantitative estimate of drug-likeness (QED) is 0.230. The summed E-state index contributed by atoms with van der Waals surface area (Å²) >= 11 is 1.49. The zero-order chi connectivity index (χ0) is 27.9. The van der Waals surface area contributed by atoms with Gasteiger partial charge in [-0.2, -0.15) is 0 Å². The van der Waals surface area contributed by atoms with Crippen molar-refractivity contribution in [3.63, 3.8) is 0 Å². The van der Waals surface area contributed by atoms with Gasteiger partial charge in [0.05, 0.1) is 13.1 Å². The highest BCUT2D eigenvalue weighted by Gasteiger charge is 2.25. The Kier molecular flexibility index (Phi) is 9.06. The molecule has 0 bridgehead atoms. The average Bonchev–Trinajstić information content (AvgIpc) is 3.63. The van der Waals surface area contributed by atoms with Gasteiger partial charge in [-0.05, 0) is 73.6 Å². The van der Waals surface area contributed by atoms with Gasteiger partial charge in [0.1, 0.15) is 16.5 Å². The largest absolute Gasteiger partial charge is 0.343 e. The van der Waals surface area contributed by atoms with Crippen LogP contribution < -0.4 is 0 Å². The van der Waals surface area contributed by atoms with Gasteiger partial charge in [-0.1, -0.05) is 37.3 Å². The van der Waals surface area contributed by atoms with Crippen LogP contribution in [-0.2, 0) is 19.5 Å². The number of likely N-dealkylation sites (tertiary alicyclic amines) is 1. The molecule has 0 N–H and O–H groups in total. The number of piperidine rings is 1. The van der Waals surface area contributed by atoms with Crippen molar-refractivity contribution in [3.8, 4) is 0 Å². The molecule has 0 unspecified atom stereocenters. The summed E-state index contributed by atoms with van der Waals surface area (Å²) in [4.78, 5) is 34.7. The number of nitrogens with zero attached hydrogens (tertiary/aromatic N) is 4. The van der Waals surface area contributed by atoms with Gasteiger partial charge in [0, 0.05) is 42.5 Å². The Bertz CT molecular complexity index is 1410. The number of aromatic nitrogens is 2. The third kappa shape index (κ3) is 6.86. The van der Waals surface area contributed by atoms with E-state index in [1.165, 1.54) is 41.2 Å². The second-order valence-corrected chi connectivity index (χ2v) is 11.4. The van der Waals surface area contributed by atoms with E-state index in [1.807, 2.05) is 41.6 Å². The van der Waals surface area contributed by atoms with Crippen molar-refractivity contribution in [1.29, 1.82) is 0 Å². The van der Waals surface area contributed by atoms with E-state index < -0.39 is 0 Å². The van der Waals surface area contributed by atoms with Crippen molar-refractivity contribution in [2.24, 2.45) is 5.92 Å². The third-order valence-corrected chi connectivity index (χ3v) is 8.33. The van der Waals surface area contributed by atoms with Gasteiger partial charge in [-0.15, -0.1) is 11.3 Å². The number of carbonyl (C=O) groups excluding carboxylic acids is 2. The zero-order valence-electron chi connectivity index (χ0n) is 22.8. The van der Waals surface area contributed by atoms with Gasteiger partial charge in [0.15, 0.2) is 0 Å². The molecule has 2 aromatic heterocycles. The van der Waals surface area contributed by atoms with Crippen LogP contribution >= 0.6 is 11.3 Å². The summed E-state index contributed by atoms with van der Waals surface area (Å²) in [6.07, 6.45) is 5.87. The number of benzene rings is 2. The van der Waals surface area contributed by atoms with Crippen LogP contribution in [0.25, 0.3) is 0 Å². The monoisotopic (exact) mass is 558 g/mol. The molecule has 6 nitrogen and oxygen atoms in total. The molecule has 1 saturated heterocycles. The standard InChI is InChI=1S/C32H35FN4O2S/c1-2-16-37(31(38)26-10-12-27(33)13-11-26)21-28-9-6-17-36(28)22-30-34-29(23-40-30)32(39)35-18-14-25(15-19-35)20-24-7-4-3-5-8-24/h3-13,17,23,25H,2,14-16,18-22H2,1H3. The maximum atomic E-state index is 13.4. The smallest absolute Gasteiger partial charge is 0.273 e. The highest BCUT2D eigenvalue weighted by molar-refractivity contribution is 7.09. The number of rotatable bonds is 10. The van der Waals surface area contributed by atoms with E-state index in [4.69, 9.17) is 0 Å². The summed E-state index contributed by atoms with van der Waals surface area (Å²) in [6, 6.07) is 20.2. The number of thiazole rings is 1. The van der Waals surface area contributed by atoms with E-state index in [2.05, 4.69) is 33.8 Å². The molecule has 0 aliphatic carbocycles. The fourth-order valence-electron chi connectivity index (χ4n) is 5.32. The molecule has 1 fully saturated rings. The first-order valence-electron chi connectivity index (χ1n) is 14.0. The van der Waals surface area contributed by atoms with Gasteiger partial charge < -0.3 is 14.4 Å². The van der Waals surface area contributed by atoms with E-state index in [1.54, 1.807) is 4.90 Å². The number of hydrogen-bond acceptors (Lipinski definition) is 4. The van der Waals surface area contributed by atoms with Gasteiger partial charge in [0.2, 0.25) is 0 Å². The second kappa shape index (κ2) is 13.0. The van der Waals surface area contributed by atoms with Crippen molar-refractivity contribution >= 4 is 23.2 Å². The topological polar surface area (TPSA) is 58.4 Å². The number of amides is 2. The number of carbonyl (C=O) groups is 2. The summed E-state index contributed by atoms with van der Waals surface area (Å²) in [5.41, 5.74) is 3.32. The van der Waals surface area contributed by atoms with Crippen molar-refractivity contribution in [2.45, 2.75) is 45.7 Å². The molecule has 0 atom stereocenters. The molecule has 0 saturated carbocycles. The lowest BCUT2D eigenvalue weighted by atomic mass is 9.90. The fraction of sp³-hybridized carbons (Fsp3) is 0.344. The Balaban J connectivity index is 1.18. The van der Waals surface area contributed by atoms with Gasteiger partial charge >= 0.3 is 0 Å². The lowest BCUT2D eigenvalue weighted by Crippen LogP contribution is -2.39. The number of hydrogen-bond donors (Lipinski definition) is 0. The van der Waals surface area contributed by atoms with Gasteiger partial charge in [-0.25, -0.2) is 9.37 Å². The molecule has 2 aromatic carbocycles. The van der Waals surface area contributed by atoms with Crippen LogP contribution in [-0.4, -0.2) is 50.8 Å². The Morgan fingerprint density at radius 2 is 1.77 bits per heavy atom. The molecule has 0 radical (unpaired) electrons. The van der Waals surface area contributed by atoms with Crippen LogP contribution in [0.2, 0.25) is 0 Å². The second-order valence-electron chi connectivity index (χ2n) is 10.4. The third-order valence-electron chi connectivity index (χ3n) is 7.49. The fourth-order valence-corrected chi connectivity index (χ4v) is 6.08. The van der Waals surface area contributed by atoms with Crippen LogP contribution in [0, 0.1) is 11.7 Å². The number of halogens is 1. The van der Waals surface area contributed by atoms with Crippen LogP contribution in [0.1, 0.15) is 63.3 Å². The highest BCUT2D eigenvalue weighted by atomic mass is 32.1. The predicted octanol–water partition coefficient (Wildman–Crippen LogP) is 6.28. The predicted molar refractivity (Wildman–Crippen MR) is 156 cm³/mol. The molecule has 1 aliphatic rings. The van der Waals surface area contributed by atoms with E-state index in [0.717, 1.165) is 49.5 Å². The van der Waals surface area contributed by atoms with Crippen LogP contribution in [0.15, 0.2) is 78.3 Å². The Hall–Kier alpha value is -3.78. The van der Waals surface area contributed by atoms with E-state index in [9.17, 15) is 14.0 Å². The summed E-state index contributed by atoms with van der Waals surface area (Å²) < 4.78 is 15.4. The molecule has 8 heteroatoms. The van der Waals surface area contributed by atoms with Crippen molar-refractivity contribution in [2.75, 3.05) is 19.6 Å². The molecule has 0 spiro atoms. The summed E-state index contributed by atoms with van der Waals surface area (Å²) in [7, 11) is 0. The first-order chi connectivity index (χ1) is 19.5. The lowest BCUT2D eigenvalue weighted by Gasteiger charge is -2.31. The van der Waals surface area contributed by atoms with Crippen LogP contribution in [0.5, 0.6) is 0 Å². The SMILES string of the molecule is CCCN(Cc1cccn1Cc1nc(C(=O)N2CCC(Cc3ccccc3)CC2)cs1)C(=O)c1ccc(F)cc1. The molecule has 40 heavy (non-hydrogen) atoms. The van der Waals surface area contributed by atoms with Gasteiger partial charge in [0.25, 0.3) is 11.8 Å². The Labute approximate surface area is 239 Å². The minimum absolute atomic E-state index is 0.00686. The van der Waals surface area contributed by atoms with E-state index in [-0.39, 0.29) is 17.6 Å². The van der Waals surface area contributed by atoms with Crippen molar-refractivity contribution in [1.82, 2.24) is 19.4 Å². The minimum atomic E-state index is -0.360. The normalized spacial score (nSPS) is 13.9. The maximum Gasteiger partial charge on any atom is 0.273 e. The van der Waals surface area contributed by atoms with Crippen LogP contribution in [0.4, 0.5) is 4.39 Å². The molecular formula is C32H35FN4O2S.